The molecule has 0 radical (unpaired) electrons. The molecule has 1 fully saturated rings. The number of nitrogens with one attached hydrogen (secondary N) is 2. The second kappa shape index (κ2) is 11.6. The van der Waals surface area contributed by atoms with Gasteiger partial charge in [-0.3, -0.25) is 14.9 Å². The van der Waals surface area contributed by atoms with E-state index in [0.29, 0.717) is 18.5 Å². The number of hydrogen-bond donors (Lipinski definition) is 2. The maximum atomic E-state index is 13.0. The molecule has 13 heteroatoms. The Morgan fingerprint density at radius 3 is 2.54 bits per heavy atom. The second-order valence-corrected chi connectivity index (χ2v) is 8.39. The highest BCUT2D eigenvalue weighted by molar-refractivity contribution is 6.02. The van der Waals surface area contributed by atoms with Crippen LogP contribution in [-0.4, -0.2) is 46.8 Å². The van der Waals surface area contributed by atoms with Gasteiger partial charge in [0.2, 0.25) is 0 Å². The topological polar surface area (TPSA) is 159 Å². The van der Waals surface area contributed by atoms with Gasteiger partial charge in [0.15, 0.2) is 0 Å². The zero-order valence-corrected chi connectivity index (χ0v) is 19.8. The lowest BCUT2D eigenvalue weighted by molar-refractivity contribution is -0.384. The lowest BCUT2D eigenvalue weighted by atomic mass is 9.82. The van der Waals surface area contributed by atoms with E-state index in [1.165, 1.54) is 43.5 Å². The van der Waals surface area contributed by atoms with Crippen LogP contribution in [0.5, 0.6) is 0 Å². The fourth-order valence-electron chi connectivity index (χ4n) is 4.06. The van der Waals surface area contributed by atoms with Crippen molar-refractivity contribution in [3.63, 3.8) is 0 Å². The number of nitro benzene ring substituents is 1. The largest absolute Gasteiger partial charge is 0.467 e. The number of halogens is 1. The molecule has 2 N–H and O–H groups in total. The van der Waals surface area contributed by atoms with Crippen LogP contribution in [0.2, 0.25) is 0 Å². The molecule has 0 bridgehead atoms. The summed E-state index contributed by atoms with van der Waals surface area (Å²) in [5.74, 6) is -2.00. The van der Waals surface area contributed by atoms with Gasteiger partial charge in [-0.1, -0.05) is 11.2 Å². The van der Waals surface area contributed by atoms with E-state index < -0.39 is 28.5 Å². The lowest BCUT2D eigenvalue weighted by Gasteiger charge is -2.28. The Morgan fingerprint density at radius 1 is 1.14 bits per heavy atom. The van der Waals surface area contributed by atoms with Crippen molar-refractivity contribution in [1.82, 2.24) is 10.2 Å². The van der Waals surface area contributed by atoms with Crippen molar-refractivity contribution < 1.29 is 32.8 Å². The quantitative estimate of drug-likeness (QED) is 0.240. The molecule has 194 valence electrons. The van der Waals surface area contributed by atoms with E-state index in [-0.39, 0.29) is 36.0 Å². The average Bonchev–Trinajstić information content (AvgIpc) is 3.37. The Kier molecular flexibility index (Phi) is 8.03. The smallest absolute Gasteiger partial charge is 0.331 e. The molecule has 1 saturated carbocycles. The van der Waals surface area contributed by atoms with Gasteiger partial charge >= 0.3 is 23.8 Å². The van der Waals surface area contributed by atoms with Gasteiger partial charge in [-0.25, -0.2) is 9.18 Å². The van der Waals surface area contributed by atoms with Gasteiger partial charge in [-0.05, 0) is 67.5 Å². The Balaban J connectivity index is 1.39. The highest BCUT2D eigenvalue weighted by Gasteiger charge is 2.27. The van der Waals surface area contributed by atoms with Crippen LogP contribution < -0.4 is 10.6 Å². The van der Waals surface area contributed by atoms with Crippen molar-refractivity contribution >= 4 is 35.0 Å². The van der Waals surface area contributed by atoms with E-state index in [1.807, 2.05) is 0 Å². The van der Waals surface area contributed by atoms with Crippen LogP contribution in [0.25, 0.3) is 0 Å². The number of carbonyl (C=O) groups is 2. The minimum atomic E-state index is -0.821. The highest BCUT2D eigenvalue weighted by Crippen LogP contribution is 2.37. The van der Waals surface area contributed by atoms with Gasteiger partial charge in [0.1, 0.15) is 18.1 Å². The van der Waals surface area contributed by atoms with E-state index >= 15 is 0 Å². The number of amides is 1. The third-order valence-electron chi connectivity index (χ3n) is 5.99. The molecule has 1 amide bonds. The molecule has 12 nitrogen and oxygen atoms in total. The molecule has 1 aromatic heterocycles. The number of methoxy groups -OCH3 is 1. The van der Waals surface area contributed by atoms with E-state index in [9.17, 15) is 24.1 Å². The maximum Gasteiger partial charge on any atom is 0.331 e. The Labute approximate surface area is 210 Å². The van der Waals surface area contributed by atoms with Crippen LogP contribution in [0.1, 0.15) is 47.8 Å². The van der Waals surface area contributed by atoms with Crippen LogP contribution in [0, 0.1) is 15.9 Å². The Hall–Kier alpha value is -4.39. The number of carbonyl (C=O) groups excluding carboxylic acids is 2. The zero-order valence-electron chi connectivity index (χ0n) is 19.8. The predicted molar refractivity (Wildman–Crippen MR) is 128 cm³/mol. The standard InChI is InChI=1S/C24H24FN5O7/c1-35-21(31)13-36-18-9-2-14(3-10-18)15-4-11-19(20(12-15)30(33)34)27-22(32)23-28-29-24(37-23)26-17-7-5-16(25)6-8-17/h4-8,11-12,14,18H,2-3,9-10,13H2,1H3,(H,26,29)(H,27,32)/t14-,18-. The number of ether oxygens (including phenoxy) is 2. The van der Waals surface area contributed by atoms with Gasteiger partial charge < -0.3 is 24.5 Å². The van der Waals surface area contributed by atoms with Crippen LogP contribution in [0.4, 0.5) is 27.5 Å². The average molecular weight is 513 g/mol. The first-order valence-electron chi connectivity index (χ1n) is 11.5. The first kappa shape index (κ1) is 25.7. The minimum Gasteiger partial charge on any atom is -0.467 e. The summed E-state index contributed by atoms with van der Waals surface area (Å²) >= 11 is 0. The third-order valence-corrected chi connectivity index (χ3v) is 5.99. The van der Waals surface area contributed by atoms with E-state index in [0.717, 1.165) is 18.4 Å². The number of aromatic nitrogens is 2. The molecule has 4 rings (SSSR count). The van der Waals surface area contributed by atoms with Gasteiger partial charge in [0.25, 0.3) is 5.69 Å². The summed E-state index contributed by atoms with van der Waals surface area (Å²) in [4.78, 5) is 35.0. The molecular weight excluding hydrogens is 489 g/mol. The summed E-state index contributed by atoms with van der Waals surface area (Å²) in [5.41, 5.74) is 0.964. The van der Waals surface area contributed by atoms with Crippen molar-refractivity contribution in [2.45, 2.75) is 37.7 Å². The number of rotatable bonds is 9. The molecule has 1 aliphatic rings. The summed E-state index contributed by atoms with van der Waals surface area (Å²) in [6, 6.07) is 9.92. The number of nitro groups is 1. The van der Waals surface area contributed by atoms with Crippen molar-refractivity contribution in [2.24, 2.45) is 0 Å². The summed E-state index contributed by atoms with van der Waals surface area (Å²) in [5, 5.41) is 24.3. The molecule has 0 unspecified atom stereocenters. The number of anilines is 3. The van der Waals surface area contributed by atoms with Gasteiger partial charge in [-0.15, -0.1) is 5.10 Å². The molecule has 0 aliphatic heterocycles. The minimum absolute atomic E-state index is 0.0138. The number of benzene rings is 2. The molecule has 3 aromatic rings. The van der Waals surface area contributed by atoms with Crippen LogP contribution in [0.15, 0.2) is 46.9 Å². The second-order valence-electron chi connectivity index (χ2n) is 8.39. The van der Waals surface area contributed by atoms with Crippen LogP contribution >= 0.6 is 0 Å². The monoisotopic (exact) mass is 513 g/mol. The summed E-state index contributed by atoms with van der Waals surface area (Å²) in [6.07, 6.45) is 2.82. The predicted octanol–water partition coefficient (Wildman–Crippen LogP) is 4.33. The summed E-state index contributed by atoms with van der Waals surface area (Å²) in [6.45, 7) is -0.102. The lowest BCUT2D eigenvalue weighted by Crippen LogP contribution is -2.24. The molecule has 0 spiro atoms. The summed E-state index contributed by atoms with van der Waals surface area (Å²) in [7, 11) is 1.30. The normalized spacial score (nSPS) is 17.1. The number of esters is 1. The van der Waals surface area contributed by atoms with Gasteiger partial charge in [0, 0.05) is 11.8 Å². The zero-order chi connectivity index (χ0) is 26.4. The first-order chi connectivity index (χ1) is 17.8. The van der Waals surface area contributed by atoms with Gasteiger partial charge in [-0.2, -0.15) is 0 Å². The van der Waals surface area contributed by atoms with Crippen molar-refractivity contribution in [3.8, 4) is 0 Å². The molecular formula is C24H24FN5O7. The van der Waals surface area contributed by atoms with Crippen LogP contribution in [-0.2, 0) is 14.3 Å². The molecule has 1 heterocycles. The van der Waals surface area contributed by atoms with E-state index in [4.69, 9.17) is 9.15 Å². The van der Waals surface area contributed by atoms with Crippen molar-refractivity contribution in [2.75, 3.05) is 24.4 Å². The molecule has 0 atom stereocenters. The molecule has 0 saturated heterocycles. The first-order valence-corrected chi connectivity index (χ1v) is 11.5. The third kappa shape index (κ3) is 6.64. The SMILES string of the molecule is COC(=O)CO[C@H]1CC[C@H](c2ccc(NC(=O)c3nnc(Nc4ccc(F)cc4)o3)c([N+](=O)[O-])c2)CC1. The van der Waals surface area contributed by atoms with Crippen LogP contribution in [0.3, 0.4) is 0 Å². The molecule has 1 aliphatic carbocycles. The maximum absolute atomic E-state index is 13.0. The number of nitrogens with zero attached hydrogens (tertiary/aromatic N) is 3. The van der Waals surface area contributed by atoms with Crippen molar-refractivity contribution in [1.29, 1.82) is 0 Å². The Bertz CT molecular complexity index is 1270. The van der Waals surface area contributed by atoms with E-state index in [2.05, 4.69) is 25.6 Å². The Morgan fingerprint density at radius 2 is 1.86 bits per heavy atom. The highest BCUT2D eigenvalue weighted by atomic mass is 19.1. The van der Waals surface area contributed by atoms with E-state index in [1.54, 1.807) is 6.07 Å². The fourth-order valence-corrected chi connectivity index (χ4v) is 4.06. The molecule has 2 aromatic carbocycles. The van der Waals surface area contributed by atoms with Crippen molar-refractivity contribution in [3.05, 3.63) is 69.9 Å². The summed E-state index contributed by atoms with van der Waals surface area (Å²) < 4.78 is 28.5. The number of hydrogen-bond acceptors (Lipinski definition) is 10. The van der Waals surface area contributed by atoms with Gasteiger partial charge in [0.05, 0.1) is 18.1 Å². The molecule has 37 heavy (non-hydrogen) atoms. The fraction of sp³-hybridized carbons (Fsp3) is 0.333.